The van der Waals surface area contributed by atoms with Crippen LogP contribution < -0.4 is 11.2 Å². The molecular weight excluding hydrogens is 333 g/mol. The number of nitrogens with zero attached hydrogens (tertiary/aromatic N) is 2. The molecule has 0 bridgehead atoms. The summed E-state index contributed by atoms with van der Waals surface area (Å²) in [4.78, 5) is 33.7. The van der Waals surface area contributed by atoms with Gasteiger partial charge in [0.15, 0.2) is 5.82 Å². The molecule has 7 nitrogen and oxygen atoms in total. The van der Waals surface area contributed by atoms with Gasteiger partial charge in [0, 0.05) is 12.1 Å². The van der Waals surface area contributed by atoms with Gasteiger partial charge in [0.1, 0.15) is 5.69 Å². The highest BCUT2D eigenvalue weighted by molar-refractivity contribution is 5.43. The molecule has 122 valence electrons. The Bertz CT molecular complexity index is 884. The second-order valence-corrected chi connectivity index (χ2v) is 4.17. The number of rotatable bonds is 2. The summed E-state index contributed by atoms with van der Waals surface area (Å²) in [6, 6.07) is 0.242. The third-order valence-corrected chi connectivity index (χ3v) is 2.69. The minimum absolute atomic E-state index is 0.0276. The van der Waals surface area contributed by atoms with Gasteiger partial charge in [0.05, 0.1) is 16.7 Å². The molecule has 0 spiro atoms. The zero-order chi connectivity index (χ0) is 17.5. The molecule has 0 radical (unpaired) electrons. The highest BCUT2D eigenvalue weighted by atomic mass is 19.4. The molecule has 0 unspecified atom stereocenters. The van der Waals surface area contributed by atoms with Crippen molar-refractivity contribution < 1.29 is 26.9 Å². The molecule has 2 rings (SSSR count). The summed E-state index contributed by atoms with van der Waals surface area (Å²) in [7, 11) is 0. The molecule has 23 heavy (non-hydrogen) atoms. The number of H-pyrrole nitrogens is 1. The zero-order valence-electron chi connectivity index (χ0n) is 10.6. The van der Waals surface area contributed by atoms with E-state index < -0.39 is 51.1 Å². The largest absolute Gasteiger partial charge is 0.431 e. The first kappa shape index (κ1) is 16.3. The van der Waals surface area contributed by atoms with Crippen molar-refractivity contribution in [1.29, 1.82) is 0 Å². The van der Waals surface area contributed by atoms with Gasteiger partial charge in [0.2, 0.25) is 5.82 Å². The van der Waals surface area contributed by atoms with Gasteiger partial charge in [-0.05, 0) is 0 Å². The number of hydrogen-bond acceptors (Lipinski definition) is 4. The smallest absolute Gasteiger partial charge is 0.303 e. The highest BCUT2D eigenvalue weighted by Gasteiger charge is 2.33. The number of aromatic nitrogens is 2. The molecule has 0 saturated carbocycles. The maximum atomic E-state index is 13.8. The van der Waals surface area contributed by atoms with Crippen molar-refractivity contribution in [2.45, 2.75) is 6.18 Å². The fourth-order valence-corrected chi connectivity index (χ4v) is 1.71. The Morgan fingerprint density at radius 1 is 1.09 bits per heavy atom. The molecule has 2 aromatic rings. The van der Waals surface area contributed by atoms with Gasteiger partial charge >= 0.3 is 17.6 Å². The first-order valence-electron chi connectivity index (χ1n) is 5.59. The second kappa shape index (κ2) is 5.30. The van der Waals surface area contributed by atoms with Crippen LogP contribution in [0.1, 0.15) is 5.69 Å². The van der Waals surface area contributed by atoms with Crippen LogP contribution in [-0.4, -0.2) is 14.5 Å². The van der Waals surface area contributed by atoms with Crippen LogP contribution in [0.5, 0.6) is 0 Å². The number of nitrogens with one attached hydrogen (secondary N) is 1. The van der Waals surface area contributed by atoms with Gasteiger partial charge in [-0.3, -0.25) is 14.9 Å². The lowest BCUT2D eigenvalue weighted by Gasteiger charge is -2.09. The maximum Gasteiger partial charge on any atom is 0.431 e. The Hall–Kier alpha value is -3.05. The average molecular weight is 337 g/mol. The van der Waals surface area contributed by atoms with E-state index in [0.29, 0.717) is 0 Å². The van der Waals surface area contributed by atoms with E-state index in [0.717, 1.165) is 0 Å². The fourth-order valence-electron chi connectivity index (χ4n) is 1.71. The van der Waals surface area contributed by atoms with Crippen molar-refractivity contribution in [2.75, 3.05) is 0 Å². The molecule has 1 heterocycles. The number of aromatic amines is 1. The SMILES string of the molecule is O=c1cc(C(F)(F)F)[nH]c(=O)n1-c1cc(F)c([N+](=O)[O-])cc1F. The molecular formula is C11H4F5N3O4. The van der Waals surface area contributed by atoms with E-state index in [1.807, 2.05) is 0 Å². The van der Waals surface area contributed by atoms with E-state index in [4.69, 9.17) is 0 Å². The van der Waals surface area contributed by atoms with Crippen molar-refractivity contribution in [1.82, 2.24) is 9.55 Å². The van der Waals surface area contributed by atoms with Crippen LogP contribution in [0.4, 0.5) is 27.6 Å². The third kappa shape index (κ3) is 2.95. The lowest BCUT2D eigenvalue weighted by molar-refractivity contribution is -0.387. The third-order valence-electron chi connectivity index (χ3n) is 2.69. The summed E-state index contributed by atoms with van der Waals surface area (Å²) in [5.74, 6) is -3.11. The lowest BCUT2D eigenvalue weighted by atomic mass is 10.2. The van der Waals surface area contributed by atoms with Gasteiger partial charge in [0.25, 0.3) is 5.56 Å². The molecule has 0 aliphatic rings. The standard InChI is InChI=1S/C11H4F5N3O4/c12-4-2-7(19(22)23)5(13)1-6(4)18-9(20)3-8(11(14,15)16)17-10(18)21/h1-3H,(H,17,21). The van der Waals surface area contributed by atoms with Crippen LogP contribution >= 0.6 is 0 Å². The molecule has 0 saturated heterocycles. The van der Waals surface area contributed by atoms with Gasteiger partial charge in [-0.1, -0.05) is 0 Å². The fraction of sp³-hybridized carbons (Fsp3) is 0.0909. The lowest BCUT2D eigenvalue weighted by Crippen LogP contribution is -2.36. The second-order valence-electron chi connectivity index (χ2n) is 4.17. The van der Waals surface area contributed by atoms with Gasteiger partial charge in [-0.25, -0.2) is 13.8 Å². The van der Waals surface area contributed by atoms with Gasteiger partial charge < -0.3 is 4.98 Å². The summed E-state index contributed by atoms with van der Waals surface area (Å²) in [6.07, 6.45) is -5.03. The van der Waals surface area contributed by atoms with Crippen molar-refractivity contribution in [2.24, 2.45) is 0 Å². The van der Waals surface area contributed by atoms with Crippen molar-refractivity contribution in [3.05, 3.63) is 66.5 Å². The molecule has 0 fully saturated rings. The Kier molecular flexibility index (Phi) is 3.76. The van der Waals surface area contributed by atoms with Crippen LogP contribution in [0, 0.1) is 21.7 Å². The van der Waals surface area contributed by atoms with E-state index in [9.17, 15) is 41.7 Å². The van der Waals surface area contributed by atoms with E-state index in [1.165, 1.54) is 4.98 Å². The molecule has 0 amide bonds. The van der Waals surface area contributed by atoms with Crippen LogP contribution in [0.15, 0.2) is 27.8 Å². The summed E-state index contributed by atoms with van der Waals surface area (Å²) in [6.45, 7) is 0. The number of halogens is 5. The first-order valence-corrected chi connectivity index (χ1v) is 5.59. The minimum atomic E-state index is -5.03. The van der Waals surface area contributed by atoms with E-state index in [2.05, 4.69) is 0 Å². The Labute approximate surface area is 121 Å². The molecule has 1 aromatic heterocycles. The van der Waals surface area contributed by atoms with Crippen LogP contribution in [-0.2, 0) is 6.18 Å². The Morgan fingerprint density at radius 2 is 1.70 bits per heavy atom. The molecule has 1 N–H and O–H groups in total. The Morgan fingerprint density at radius 3 is 2.17 bits per heavy atom. The molecule has 0 aliphatic carbocycles. The van der Waals surface area contributed by atoms with E-state index in [1.54, 1.807) is 0 Å². The molecule has 0 atom stereocenters. The predicted molar refractivity (Wildman–Crippen MR) is 64.2 cm³/mol. The van der Waals surface area contributed by atoms with Crippen molar-refractivity contribution in [3.63, 3.8) is 0 Å². The number of hydrogen-bond donors (Lipinski definition) is 1. The summed E-state index contributed by atoms with van der Waals surface area (Å²) in [5, 5.41) is 10.4. The Balaban J connectivity index is 2.74. The van der Waals surface area contributed by atoms with Gasteiger partial charge in [-0.15, -0.1) is 0 Å². The molecule has 12 heteroatoms. The van der Waals surface area contributed by atoms with Crippen molar-refractivity contribution in [3.8, 4) is 5.69 Å². The minimum Gasteiger partial charge on any atom is -0.303 e. The van der Waals surface area contributed by atoms with Crippen LogP contribution in [0.25, 0.3) is 5.69 Å². The van der Waals surface area contributed by atoms with E-state index >= 15 is 0 Å². The monoisotopic (exact) mass is 337 g/mol. The first-order chi connectivity index (χ1) is 10.5. The average Bonchev–Trinajstić information content (AvgIpc) is 2.39. The number of benzene rings is 1. The van der Waals surface area contributed by atoms with Crippen molar-refractivity contribution >= 4 is 5.69 Å². The quantitative estimate of drug-likeness (QED) is 0.513. The normalized spacial score (nSPS) is 11.5. The maximum absolute atomic E-state index is 13.8. The van der Waals surface area contributed by atoms with Crippen LogP contribution in [0.3, 0.4) is 0 Å². The highest BCUT2D eigenvalue weighted by Crippen LogP contribution is 2.26. The number of nitro benzene ring substituents is 1. The molecule has 0 aliphatic heterocycles. The topological polar surface area (TPSA) is 98.0 Å². The summed E-state index contributed by atoms with van der Waals surface area (Å²) in [5.41, 5.74) is -7.27. The molecule has 1 aromatic carbocycles. The van der Waals surface area contributed by atoms with E-state index in [-0.39, 0.29) is 22.8 Å². The summed E-state index contributed by atoms with van der Waals surface area (Å²) < 4.78 is 64.5. The summed E-state index contributed by atoms with van der Waals surface area (Å²) >= 11 is 0. The predicted octanol–water partition coefficient (Wildman–Crippen LogP) is 1.73. The number of nitro groups is 1. The zero-order valence-corrected chi connectivity index (χ0v) is 10.6. The number of alkyl halides is 3. The van der Waals surface area contributed by atoms with Gasteiger partial charge in [-0.2, -0.15) is 17.6 Å². The van der Waals surface area contributed by atoms with Crippen LogP contribution in [0.2, 0.25) is 0 Å².